The van der Waals surface area contributed by atoms with Gasteiger partial charge in [0.1, 0.15) is 10.7 Å². The molecule has 0 amide bonds. The zero-order valence-corrected chi connectivity index (χ0v) is 11.7. The van der Waals surface area contributed by atoms with Crippen molar-refractivity contribution in [3.8, 4) is 0 Å². The Morgan fingerprint density at radius 2 is 1.78 bits per heavy atom. The maximum absolute atomic E-state index is 13.9. The minimum absolute atomic E-state index is 0.214. The fourth-order valence-corrected chi connectivity index (χ4v) is 3.39. The molecule has 0 fully saturated rings. The van der Waals surface area contributed by atoms with E-state index in [9.17, 15) is 17.2 Å². The number of halogens is 3. The molecule has 0 saturated heterocycles. The Kier molecular flexibility index (Phi) is 5.07. The van der Waals surface area contributed by atoms with Crippen LogP contribution in [0.2, 0.25) is 0 Å². The molecule has 0 spiro atoms. The molecule has 102 valence electrons. The average Bonchev–Trinajstić information content (AvgIpc) is 2.30. The number of alkyl halides is 1. The number of rotatable bonds is 5. The van der Waals surface area contributed by atoms with Gasteiger partial charge in [-0.3, -0.25) is 0 Å². The fraction of sp³-hybridized carbons (Fsp3) is 0.455. The van der Waals surface area contributed by atoms with Crippen LogP contribution in [0.4, 0.5) is 8.78 Å². The maximum atomic E-state index is 13.9. The van der Waals surface area contributed by atoms with E-state index in [1.54, 1.807) is 13.8 Å². The molecule has 0 aliphatic rings. The first-order chi connectivity index (χ1) is 8.39. The third kappa shape index (κ3) is 2.65. The van der Waals surface area contributed by atoms with Crippen LogP contribution in [0.15, 0.2) is 17.0 Å². The first-order valence-electron chi connectivity index (χ1n) is 5.43. The van der Waals surface area contributed by atoms with Gasteiger partial charge in [-0.2, -0.15) is 4.31 Å². The summed E-state index contributed by atoms with van der Waals surface area (Å²) in [4.78, 5) is -0.539. The van der Waals surface area contributed by atoms with E-state index >= 15 is 0 Å². The van der Waals surface area contributed by atoms with E-state index in [0.29, 0.717) is 0 Å². The van der Waals surface area contributed by atoms with Crippen LogP contribution < -0.4 is 0 Å². The summed E-state index contributed by atoms with van der Waals surface area (Å²) in [6.45, 7) is 3.72. The summed E-state index contributed by atoms with van der Waals surface area (Å²) in [6.07, 6.45) is 0. The van der Waals surface area contributed by atoms with Gasteiger partial charge in [0.05, 0.1) is 5.88 Å². The normalized spacial score (nSPS) is 12.1. The molecular formula is C11H14ClF2NO2S. The molecule has 1 rings (SSSR count). The van der Waals surface area contributed by atoms with E-state index in [1.807, 2.05) is 0 Å². The van der Waals surface area contributed by atoms with Crippen molar-refractivity contribution in [2.24, 2.45) is 0 Å². The first-order valence-corrected chi connectivity index (χ1v) is 7.40. The Balaban J connectivity index is 3.43. The molecule has 18 heavy (non-hydrogen) atoms. The SMILES string of the molecule is CCN(CC)S(=O)(=O)c1ccc(F)c(CCl)c1F. The Bertz CT molecular complexity index is 530. The predicted octanol–water partition coefficient (Wildman–Crippen LogP) is 2.73. The minimum Gasteiger partial charge on any atom is -0.207 e. The zero-order valence-electron chi connectivity index (χ0n) is 10.1. The first kappa shape index (κ1) is 15.3. The topological polar surface area (TPSA) is 37.4 Å². The van der Waals surface area contributed by atoms with Gasteiger partial charge in [0.25, 0.3) is 0 Å². The predicted molar refractivity (Wildman–Crippen MR) is 66.0 cm³/mol. The molecule has 0 atom stereocenters. The molecule has 0 heterocycles. The van der Waals surface area contributed by atoms with E-state index < -0.39 is 38.0 Å². The van der Waals surface area contributed by atoms with Crippen LogP contribution in [0.3, 0.4) is 0 Å². The Labute approximate surface area is 110 Å². The number of benzene rings is 1. The van der Waals surface area contributed by atoms with E-state index in [4.69, 9.17) is 11.6 Å². The molecule has 3 nitrogen and oxygen atoms in total. The highest BCUT2D eigenvalue weighted by Gasteiger charge is 2.27. The Morgan fingerprint density at radius 1 is 1.22 bits per heavy atom. The summed E-state index contributed by atoms with van der Waals surface area (Å²) in [7, 11) is -3.95. The van der Waals surface area contributed by atoms with Crippen LogP contribution in [0.5, 0.6) is 0 Å². The highest BCUT2D eigenvalue weighted by atomic mass is 35.5. The zero-order chi connectivity index (χ0) is 13.9. The second-order valence-electron chi connectivity index (χ2n) is 3.56. The van der Waals surface area contributed by atoms with Gasteiger partial charge in [0.15, 0.2) is 5.82 Å². The lowest BCUT2D eigenvalue weighted by Crippen LogP contribution is -2.31. The van der Waals surface area contributed by atoms with Crippen LogP contribution in [0, 0.1) is 11.6 Å². The maximum Gasteiger partial charge on any atom is 0.245 e. The van der Waals surface area contributed by atoms with E-state index in [1.165, 1.54) is 0 Å². The second-order valence-corrected chi connectivity index (χ2v) is 5.73. The third-order valence-corrected chi connectivity index (χ3v) is 4.94. The van der Waals surface area contributed by atoms with Gasteiger partial charge < -0.3 is 0 Å². The van der Waals surface area contributed by atoms with Gasteiger partial charge in [-0.15, -0.1) is 11.6 Å². The molecule has 1 aromatic carbocycles. The Hall–Kier alpha value is -0.720. The van der Waals surface area contributed by atoms with Gasteiger partial charge in [-0.05, 0) is 12.1 Å². The lowest BCUT2D eigenvalue weighted by atomic mass is 10.2. The number of hydrogen-bond donors (Lipinski definition) is 0. The van der Waals surface area contributed by atoms with Crippen molar-refractivity contribution in [1.29, 1.82) is 0 Å². The van der Waals surface area contributed by atoms with Crippen LogP contribution in [-0.2, 0) is 15.9 Å². The standard InChI is InChI=1S/C11H14ClF2NO2S/c1-3-15(4-2)18(16,17)10-6-5-9(13)8(7-12)11(10)14/h5-6H,3-4,7H2,1-2H3. The quantitative estimate of drug-likeness (QED) is 0.784. The smallest absolute Gasteiger partial charge is 0.207 e. The lowest BCUT2D eigenvalue weighted by molar-refractivity contribution is 0.438. The van der Waals surface area contributed by atoms with Crippen LogP contribution >= 0.6 is 11.6 Å². The highest BCUT2D eigenvalue weighted by molar-refractivity contribution is 7.89. The second kappa shape index (κ2) is 5.95. The number of sulfonamides is 1. The Morgan fingerprint density at radius 3 is 2.22 bits per heavy atom. The largest absolute Gasteiger partial charge is 0.245 e. The molecule has 1 aromatic rings. The van der Waals surface area contributed by atoms with Crippen LogP contribution in [0.1, 0.15) is 19.4 Å². The molecule has 0 radical (unpaired) electrons. The summed E-state index contributed by atoms with van der Waals surface area (Å²) in [5.74, 6) is -2.38. The molecule has 0 unspecified atom stereocenters. The van der Waals surface area contributed by atoms with Gasteiger partial charge >= 0.3 is 0 Å². The van der Waals surface area contributed by atoms with E-state index in [0.717, 1.165) is 16.4 Å². The summed E-state index contributed by atoms with van der Waals surface area (Å²) >= 11 is 5.42. The monoisotopic (exact) mass is 297 g/mol. The van der Waals surface area contributed by atoms with Crippen molar-refractivity contribution in [1.82, 2.24) is 4.31 Å². The fourth-order valence-electron chi connectivity index (χ4n) is 1.60. The third-order valence-electron chi connectivity index (χ3n) is 2.61. The number of hydrogen-bond acceptors (Lipinski definition) is 2. The van der Waals surface area contributed by atoms with Gasteiger partial charge in [-0.25, -0.2) is 17.2 Å². The molecule has 0 saturated carbocycles. The molecule has 0 aliphatic carbocycles. The summed E-state index contributed by atoms with van der Waals surface area (Å²) in [6, 6.07) is 1.84. The van der Waals surface area contributed by atoms with Gasteiger partial charge in [-0.1, -0.05) is 13.8 Å². The van der Waals surface area contributed by atoms with Crippen LogP contribution in [0.25, 0.3) is 0 Å². The molecule has 0 bridgehead atoms. The van der Waals surface area contributed by atoms with Crippen molar-refractivity contribution in [3.05, 3.63) is 29.3 Å². The van der Waals surface area contributed by atoms with Gasteiger partial charge in [0, 0.05) is 18.7 Å². The molecule has 0 aliphatic heterocycles. The van der Waals surface area contributed by atoms with Crippen molar-refractivity contribution < 1.29 is 17.2 Å². The average molecular weight is 298 g/mol. The van der Waals surface area contributed by atoms with E-state index in [-0.39, 0.29) is 13.1 Å². The molecular weight excluding hydrogens is 284 g/mol. The molecule has 0 N–H and O–H groups in total. The lowest BCUT2D eigenvalue weighted by Gasteiger charge is -2.19. The molecule has 0 aromatic heterocycles. The van der Waals surface area contributed by atoms with Crippen molar-refractivity contribution in [3.63, 3.8) is 0 Å². The summed E-state index contributed by atoms with van der Waals surface area (Å²) < 4.78 is 52.5. The summed E-state index contributed by atoms with van der Waals surface area (Å²) in [5.41, 5.74) is -0.426. The van der Waals surface area contributed by atoms with Crippen molar-refractivity contribution >= 4 is 21.6 Å². The summed E-state index contributed by atoms with van der Waals surface area (Å²) in [5, 5.41) is 0. The van der Waals surface area contributed by atoms with E-state index in [2.05, 4.69) is 0 Å². The molecule has 7 heteroatoms. The van der Waals surface area contributed by atoms with Crippen LogP contribution in [-0.4, -0.2) is 25.8 Å². The van der Waals surface area contributed by atoms with Gasteiger partial charge in [0.2, 0.25) is 10.0 Å². The van der Waals surface area contributed by atoms with Crippen molar-refractivity contribution in [2.45, 2.75) is 24.6 Å². The highest BCUT2D eigenvalue weighted by Crippen LogP contribution is 2.24. The van der Waals surface area contributed by atoms with Crippen molar-refractivity contribution in [2.75, 3.05) is 13.1 Å². The number of nitrogens with zero attached hydrogens (tertiary/aromatic N) is 1. The minimum atomic E-state index is -3.95.